The first kappa shape index (κ1) is 15.3. The van der Waals surface area contributed by atoms with Crippen LogP contribution in [-0.2, 0) is 4.79 Å². The molecule has 1 atom stereocenters. The predicted octanol–water partition coefficient (Wildman–Crippen LogP) is -1.27. The van der Waals surface area contributed by atoms with Crippen molar-refractivity contribution in [2.75, 3.05) is 34.3 Å². The highest BCUT2D eigenvalue weighted by atomic mass is 16.4. The van der Waals surface area contributed by atoms with E-state index in [2.05, 4.69) is 0 Å². The van der Waals surface area contributed by atoms with Crippen molar-refractivity contribution in [3.63, 3.8) is 0 Å². The Morgan fingerprint density at radius 2 is 1.88 bits per heavy atom. The minimum Gasteiger partial charge on any atom is -0.550 e. The molecule has 0 aliphatic carbocycles. The molecule has 0 aliphatic heterocycles. The van der Waals surface area contributed by atoms with Gasteiger partial charge in [-0.25, -0.2) is 0 Å². The Balaban J connectivity index is 4.42. The molecule has 0 radical (unpaired) electrons. The summed E-state index contributed by atoms with van der Waals surface area (Å²) in [7, 11) is 5.69. The second kappa shape index (κ2) is 6.18. The molecule has 5 heteroatoms. The molecule has 2 N–H and O–H groups in total. The first-order chi connectivity index (χ1) is 7.18. The van der Waals surface area contributed by atoms with Gasteiger partial charge in [-0.05, 0) is 19.3 Å². The van der Waals surface area contributed by atoms with Gasteiger partial charge < -0.3 is 24.6 Å². The predicted molar refractivity (Wildman–Crippen MR) is 58.4 cm³/mol. The molecule has 96 valence electrons. The standard InChI is InChI=1S/C11H23NO4/c1-12(2,3)9-11(16,8-10(14)15)6-4-5-7-13/h13,16H,4-9H2,1-3H3/t11-/m1/s1. The Morgan fingerprint density at radius 3 is 2.25 bits per heavy atom. The molecule has 0 rings (SSSR count). The number of quaternary nitrogens is 1. The van der Waals surface area contributed by atoms with Gasteiger partial charge in [0.1, 0.15) is 12.1 Å². The van der Waals surface area contributed by atoms with E-state index in [1.807, 2.05) is 21.1 Å². The second-order valence-electron chi connectivity index (χ2n) is 5.40. The van der Waals surface area contributed by atoms with Crippen LogP contribution in [0.4, 0.5) is 0 Å². The lowest BCUT2D eigenvalue weighted by Crippen LogP contribution is -2.51. The summed E-state index contributed by atoms with van der Waals surface area (Å²) in [5.74, 6) is -1.24. The number of aliphatic hydroxyl groups is 2. The minimum atomic E-state index is -1.24. The van der Waals surface area contributed by atoms with Crippen LogP contribution < -0.4 is 5.11 Å². The summed E-state index contributed by atoms with van der Waals surface area (Å²) in [6, 6.07) is 0. The van der Waals surface area contributed by atoms with Gasteiger partial charge >= 0.3 is 0 Å². The van der Waals surface area contributed by atoms with Crippen molar-refractivity contribution in [2.45, 2.75) is 31.3 Å². The van der Waals surface area contributed by atoms with Crippen LogP contribution in [0.1, 0.15) is 25.7 Å². The Hall–Kier alpha value is -0.650. The van der Waals surface area contributed by atoms with Crippen molar-refractivity contribution in [3.05, 3.63) is 0 Å². The molecule has 0 fully saturated rings. The lowest BCUT2D eigenvalue weighted by Gasteiger charge is -2.36. The van der Waals surface area contributed by atoms with E-state index < -0.39 is 11.6 Å². The maximum Gasteiger partial charge on any atom is 0.119 e. The maximum atomic E-state index is 10.6. The van der Waals surface area contributed by atoms with E-state index in [-0.39, 0.29) is 13.0 Å². The molecule has 0 unspecified atom stereocenters. The molecule has 0 saturated heterocycles. The summed E-state index contributed by atoms with van der Waals surface area (Å²) in [5.41, 5.74) is -1.24. The minimum absolute atomic E-state index is 0.0613. The van der Waals surface area contributed by atoms with Crippen molar-refractivity contribution in [1.82, 2.24) is 0 Å². The monoisotopic (exact) mass is 233 g/mol. The van der Waals surface area contributed by atoms with Crippen molar-refractivity contribution < 1.29 is 24.6 Å². The van der Waals surface area contributed by atoms with E-state index in [0.717, 1.165) is 0 Å². The number of unbranched alkanes of at least 4 members (excludes halogenated alkanes) is 1. The number of carboxylic acid groups (broad SMARTS) is 1. The molecule has 0 bridgehead atoms. The van der Waals surface area contributed by atoms with Crippen LogP contribution in [0.5, 0.6) is 0 Å². The number of hydrogen-bond acceptors (Lipinski definition) is 4. The molecular formula is C11H23NO4. The molecule has 0 aliphatic rings. The van der Waals surface area contributed by atoms with E-state index in [1.165, 1.54) is 0 Å². The van der Waals surface area contributed by atoms with Gasteiger partial charge in [0.15, 0.2) is 0 Å². The number of nitrogens with zero attached hydrogens (tertiary/aromatic N) is 1. The van der Waals surface area contributed by atoms with Gasteiger partial charge in [-0.15, -0.1) is 0 Å². The highest BCUT2D eigenvalue weighted by Gasteiger charge is 2.33. The number of carboxylic acids is 1. The van der Waals surface area contributed by atoms with Gasteiger partial charge in [0.25, 0.3) is 0 Å². The van der Waals surface area contributed by atoms with Gasteiger partial charge in [0.05, 0.1) is 21.1 Å². The third-order valence-electron chi connectivity index (χ3n) is 2.29. The van der Waals surface area contributed by atoms with Crippen molar-refractivity contribution >= 4 is 5.97 Å². The molecule has 0 amide bonds. The van der Waals surface area contributed by atoms with E-state index in [1.54, 1.807) is 0 Å². The zero-order valence-corrected chi connectivity index (χ0v) is 10.4. The molecule has 0 spiro atoms. The molecule has 0 heterocycles. The normalized spacial score (nSPS) is 15.8. The average Bonchev–Trinajstić information content (AvgIpc) is 1.98. The van der Waals surface area contributed by atoms with Crippen LogP contribution in [0, 0.1) is 0 Å². The smallest absolute Gasteiger partial charge is 0.119 e. The summed E-state index contributed by atoms with van der Waals surface area (Å²) in [6.07, 6.45) is 1.21. The van der Waals surface area contributed by atoms with Gasteiger partial charge in [0, 0.05) is 19.0 Å². The molecule has 0 aromatic heterocycles. The topological polar surface area (TPSA) is 80.6 Å². The van der Waals surface area contributed by atoms with E-state index >= 15 is 0 Å². The van der Waals surface area contributed by atoms with Gasteiger partial charge in [0.2, 0.25) is 0 Å². The maximum absolute atomic E-state index is 10.6. The number of aliphatic carboxylic acids is 1. The molecule has 5 nitrogen and oxygen atoms in total. The first-order valence-corrected chi connectivity index (χ1v) is 5.52. The quantitative estimate of drug-likeness (QED) is 0.404. The Morgan fingerprint density at radius 1 is 1.31 bits per heavy atom. The Bertz CT molecular complexity index is 225. The summed E-state index contributed by atoms with van der Waals surface area (Å²) < 4.78 is 0.489. The van der Waals surface area contributed by atoms with Gasteiger partial charge in [-0.3, -0.25) is 0 Å². The third kappa shape index (κ3) is 7.62. The van der Waals surface area contributed by atoms with E-state index in [0.29, 0.717) is 30.3 Å². The van der Waals surface area contributed by atoms with Crippen LogP contribution in [0.25, 0.3) is 0 Å². The Labute approximate surface area is 96.9 Å². The zero-order chi connectivity index (χ0) is 12.8. The summed E-state index contributed by atoms with van der Waals surface area (Å²) in [4.78, 5) is 10.6. The van der Waals surface area contributed by atoms with E-state index in [4.69, 9.17) is 5.11 Å². The highest BCUT2D eigenvalue weighted by molar-refractivity contribution is 5.65. The largest absolute Gasteiger partial charge is 0.550 e. The molecule has 0 saturated carbocycles. The summed E-state index contributed by atoms with van der Waals surface area (Å²) >= 11 is 0. The first-order valence-electron chi connectivity index (χ1n) is 5.52. The fourth-order valence-electron chi connectivity index (χ4n) is 1.94. The fraction of sp³-hybridized carbons (Fsp3) is 0.909. The lowest BCUT2D eigenvalue weighted by molar-refractivity contribution is -0.877. The fourth-order valence-corrected chi connectivity index (χ4v) is 1.94. The average molecular weight is 233 g/mol. The summed E-state index contributed by atoms with van der Waals surface area (Å²) in [5, 5.41) is 29.5. The van der Waals surface area contributed by atoms with Crippen LogP contribution >= 0.6 is 0 Å². The zero-order valence-electron chi connectivity index (χ0n) is 10.4. The van der Waals surface area contributed by atoms with Crippen LogP contribution in [-0.4, -0.2) is 60.6 Å². The number of likely N-dealkylation sites (N-methyl/N-ethyl adjacent to an activating group) is 1. The number of carbonyl (C=O) groups excluding carboxylic acids is 1. The highest BCUT2D eigenvalue weighted by Crippen LogP contribution is 2.21. The number of rotatable bonds is 8. The van der Waals surface area contributed by atoms with Crippen LogP contribution in [0.2, 0.25) is 0 Å². The molecular weight excluding hydrogens is 210 g/mol. The van der Waals surface area contributed by atoms with E-state index in [9.17, 15) is 15.0 Å². The number of hydrogen-bond donors (Lipinski definition) is 2. The van der Waals surface area contributed by atoms with Gasteiger partial charge in [-0.2, -0.15) is 0 Å². The van der Waals surface area contributed by atoms with Crippen LogP contribution in [0.3, 0.4) is 0 Å². The SMILES string of the molecule is C[N+](C)(C)C[C@@](O)(CCCCO)CC(=O)[O-]. The van der Waals surface area contributed by atoms with Gasteiger partial charge in [-0.1, -0.05) is 0 Å². The number of aliphatic hydroxyl groups excluding tert-OH is 1. The Kier molecular flexibility index (Phi) is 5.92. The van der Waals surface area contributed by atoms with Crippen molar-refractivity contribution in [3.8, 4) is 0 Å². The van der Waals surface area contributed by atoms with Crippen LogP contribution in [0.15, 0.2) is 0 Å². The number of carbonyl (C=O) groups is 1. The molecule has 16 heavy (non-hydrogen) atoms. The van der Waals surface area contributed by atoms with Crippen molar-refractivity contribution in [1.29, 1.82) is 0 Å². The third-order valence-corrected chi connectivity index (χ3v) is 2.29. The molecule has 0 aromatic rings. The lowest BCUT2D eigenvalue weighted by atomic mass is 9.92. The second-order valence-corrected chi connectivity index (χ2v) is 5.40. The summed E-state index contributed by atoms with van der Waals surface area (Å²) in [6.45, 7) is 0.415. The molecule has 0 aromatic carbocycles. The van der Waals surface area contributed by atoms with Crippen molar-refractivity contribution in [2.24, 2.45) is 0 Å².